The Morgan fingerprint density at radius 3 is 2.93 bits per heavy atom. The SMILES string of the molecule is CN1CC[C@@H](c2cc3ccccc3s2)C1. The van der Waals surface area contributed by atoms with Crippen LogP contribution in [-0.2, 0) is 0 Å². The Morgan fingerprint density at radius 2 is 2.20 bits per heavy atom. The molecule has 1 aliphatic heterocycles. The Balaban J connectivity index is 1.98. The molecule has 0 amide bonds. The minimum atomic E-state index is 0.771. The van der Waals surface area contributed by atoms with Crippen LogP contribution in [0.5, 0.6) is 0 Å². The van der Waals surface area contributed by atoms with Crippen molar-refractivity contribution in [3.05, 3.63) is 35.2 Å². The highest BCUT2D eigenvalue weighted by molar-refractivity contribution is 7.19. The van der Waals surface area contributed by atoms with Crippen LogP contribution < -0.4 is 0 Å². The number of benzene rings is 1. The Labute approximate surface area is 94.3 Å². The zero-order valence-electron chi connectivity index (χ0n) is 8.94. The third kappa shape index (κ3) is 1.68. The van der Waals surface area contributed by atoms with E-state index in [0.29, 0.717) is 0 Å². The molecule has 2 heteroatoms. The molecule has 1 nitrogen and oxygen atoms in total. The van der Waals surface area contributed by atoms with Crippen molar-refractivity contribution in [2.75, 3.05) is 20.1 Å². The summed E-state index contributed by atoms with van der Waals surface area (Å²) in [5, 5.41) is 1.41. The summed E-state index contributed by atoms with van der Waals surface area (Å²) in [6, 6.07) is 11.1. The van der Waals surface area contributed by atoms with Crippen molar-refractivity contribution in [3.63, 3.8) is 0 Å². The van der Waals surface area contributed by atoms with Crippen LogP contribution in [0.25, 0.3) is 10.1 Å². The van der Waals surface area contributed by atoms with Crippen molar-refractivity contribution in [3.8, 4) is 0 Å². The van der Waals surface area contributed by atoms with Crippen LogP contribution >= 0.6 is 11.3 Å². The van der Waals surface area contributed by atoms with Gasteiger partial charge >= 0.3 is 0 Å². The van der Waals surface area contributed by atoms with Crippen LogP contribution in [0.2, 0.25) is 0 Å². The van der Waals surface area contributed by atoms with Crippen molar-refractivity contribution in [2.24, 2.45) is 0 Å². The Morgan fingerprint density at radius 1 is 1.33 bits per heavy atom. The van der Waals surface area contributed by atoms with Crippen LogP contribution in [0.15, 0.2) is 30.3 Å². The van der Waals surface area contributed by atoms with Crippen LogP contribution in [0.3, 0.4) is 0 Å². The van der Waals surface area contributed by atoms with E-state index in [-0.39, 0.29) is 0 Å². The Kier molecular flexibility index (Phi) is 2.26. The monoisotopic (exact) mass is 217 g/mol. The maximum Gasteiger partial charge on any atom is 0.0345 e. The van der Waals surface area contributed by atoms with Crippen molar-refractivity contribution in [2.45, 2.75) is 12.3 Å². The third-order valence-electron chi connectivity index (χ3n) is 3.24. The van der Waals surface area contributed by atoms with E-state index in [4.69, 9.17) is 0 Å². The van der Waals surface area contributed by atoms with Gasteiger partial charge < -0.3 is 4.90 Å². The normalized spacial score (nSPS) is 22.6. The molecule has 0 saturated carbocycles. The number of nitrogens with zero attached hydrogens (tertiary/aromatic N) is 1. The summed E-state index contributed by atoms with van der Waals surface area (Å²) in [5.74, 6) is 0.771. The molecule has 1 aromatic carbocycles. The second-order valence-electron chi connectivity index (χ2n) is 4.43. The van der Waals surface area contributed by atoms with Crippen molar-refractivity contribution in [1.29, 1.82) is 0 Å². The third-order valence-corrected chi connectivity index (χ3v) is 4.52. The first-order valence-electron chi connectivity index (χ1n) is 5.50. The molecule has 1 aliphatic rings. The number of likely N-dealkylation sites (N-methyl/N-ethyl adjacent to an activating group) is 1. The average molecular weight is 217 g/mol. The molecule has 1 fully saturated rings. The summed E-state index contributed by atoms with van der Waals surface area (Å²) in [5.41, 5.74) is 0. The molecule has 1 saturated heterocycles. The van der Waals surface area contributed by atoms with Crippen molar-refractivity contribution < 1.29 is 0 Å². The summed E-state index contributed by atoms with van der Waals surface area (Å²) >= 11 is 1.97. The summed E-state index contributed by atoms with van der Waals surface area (Å²) in [7, 11) is 2.22. The van der Waals surface area contributed by atoms with Gasteiger partial charge in [0.05, 0.1) is 0 Å². The number of fused-ring (bicyclic) bond motifs is 1. The minimum Gasteiger partial charge on any atom is -0.306 e. The Bertz CT molecular complexity index is 441. The molecule has 15 heavy (non-hydrogen) atoms. The van der Waals surface area contributed by atoms with E-state index in [9.17, 15) is 0 Å². The lowest BCUT2D eigenvalue weighted by atomic mass is 10.1. The van der Waals surface area contributed by atoms with Gasteiger partial charge in [-0.3, -0.25) is 0 Å². The van der Waals surface area contributed by atoms with Gasteiger partial charge in [-0.25, -0.2) is 0 Å². The first-order chi connectivity index (χ1) is 7.33. The molecule has 0 aliphatic carbocycles. The lowest BCUT2D eigenvalue weighted by Crippen LogP contribution is -2.12. The quantitative estimate of drug-likeness (QED) is 0.708. The first kappa shape index (κ1) is 9.37. The van der Waals surface area contributed by atoms with Crippen molar-refractivity contribution >= 4 is 21.4 Å². The maximum absolute atomic E-state index is 2.43. The molecule has 0 unspecified atom stereocenters. The van der Waals surface area contributed by atoms with E-state index < -0.39 is 0 Å². The maximum atomic E-state index is 2.43. The predicted molar refractivity (Wildman–Crippen MR) is 66.7 cm³/mol. The van der Waals surface area contributed by atoms with Crippen LogP contribution in [-0.4, -0.2) is 25.0 Å². The molecule has 0 bridgehead atoms. The smallest absolute Gasteiger partial charge is 0.0345 e. The second-order valence-corrected chi connectivity index (χ2v) is 5.55. The predicted octanol–water partition coefficient (Wildman–Crippen LogP) is 3.32. The van der Waals surface area contributed by atoms with E-state index >= 15 is 0 Å². The van der Waals surface area contributed by atoms with Gasteiger partial charge in [-0.1, -0.05) is 18.2 Å². The van der Waals surface area contributed by atoms with Crippen LogP contribution in [0.1, 0.15) is 17.2 Å². The molecule has 1 atom stereocenters. The van der Waals surface area contributed by atoms with Crippen LogP contribution in [0.4, 0.5) is 0 Å². The van der Waals surface area contributed by atoms with E-state index in [2.05, 4.69) is 42.3 Å². The van der Waals surface area contributed by atoms with Gasteiger partial charge in [0, 0.05) is 22.0 Å². The standard InChI is InChI=1S/C13H15NS/c1-14-7-6-11(9-14)13-8-10-4-2-3-5-12(10)15-13/h2-5,8,11H,6-7,9H2,1H3/t11-/m1/s1. The average Bonchev–Trinajstić information content (AvgIpc) is 2.82. The zero-order valence-corrected chi connectivity index (χ0v) is 9.76. The van der Waals surface area contributed by atoms with Gasteiger partial charge in [0.25, 0.3) is 0 Å². The molecule has 3 rings (SSSR count). The molecule has 1 aromatic heterocycles. The zero-order chi connectivity index (χ0) is 10.3. The molecular formula is C13H15NS. The highest BCUT2D eigenvalue weighted by atomic mass is 32.1. The minimum absolute atomic E-state index is 0.771. The number of thiophene rings is 1. The topological polar surface area (TPSA) is 3.24 Å². The van der Waals surface area contributed by atoms with Crippen molar-refractivity contribution in [1.82, 2.24) is 4.90 Å². The van der Waals surface area contributed by atoms with E-state index in [1.165, 1.54) is 29.6 Å². The number of rotatable bonds is 1. The molecule has 0 spiro atoms. The molecule has 0 N–H and O–H groups in total. The lowest BCUT2D eigenvalue weighted by molar-refractivity contribution is 0.412. The molecule has 0 radical (unpaired) electrons. The summed E-state index contributed by atoms with van der Waals surface area (Å²) in [6.45, 7) is 2.48. The molecular weight excluding hydrogens is 202 g/mol. The van der Waals surface area contributed by atoms with Crippen LogP contribution in [0, 0.1) is 0 Å². The van der Waals surface area contributed by atoms with E-state index in [1.807, 2.05) is 11.3 Å². The van der Waals surface area contributed by atoms with Gasteiger partial charge in [-0.2, -0.15) is 0 Å². The highest BCUT2D eigenvalue weighted by Gasteiger charge is 2.22. The number of hydrogen-bond donors (Lipinski definition) is 0. The fourth-order valence-electron chi connectivity index (χ4n) is 2.37. The lowest BCUT2D eigenvalue weighted by Gasteiger charge is -2.07. The van der Waals surface area contributed by atoms with Gasteiger partial charge in [-0.05, 0) is 37.5 Å². The highest BCUT2D eigenvalue weighted by Crippen LogP contribution is 2.35. The van der Waals surface area contributed by atoms with Gasteiger partial charge in [-0.15, -0.1) is 11.3 Å². The van der Waals surface area contributed by atoms with Gasteiger partial charge in [0.15, 0.2) is 0 Å². The number of likely N-dealkylation sites (tertiary alicyclic amines) is 1. The second kappa shape index (κ2) is 3.62. The molecule has 2 aromatic rings. The summed E-state index contributed by atoms with van der Waals surface area (Å²) in [6.07, 6.45) is 1.32. The largest absolute Gasteiger partial charge is 0.306 e. The first-order valence-corrected chi connectivity index (χ1v) is 6.31. The van der Waals surface area contributed by atoms with E-state index in [1.54, 1.807) is 4.88 Å². The van der Waals surface area contributed by atoms with Gasteiger partial charge in [0.2, 0.25) is 0 Å². The number of hydrogen-bond acceptors (Lipinski definition) is 2. The molecule has 78 valence electrons. The summed E-state index contributed by atoms with van der Waals surface area (Å²) in [4.78, 5) is 4.00. The van der Waals surface area contributed by atoms with Gasteiger partial charge in [0.1, 0.15) is 0 Å². The van der Waals surface area contributed by atoms with E-state index in [0.717, 1.165) is 5.92 Å². The Hall–Kier alpha value is -0.860. The fourth-order valence-corrected chi connectivity index (χ4v) is 3.56. The molecule has 2 heterocycles. The fraction of sp³-hybridized carbons (Fsp3) is 0.385. The summed E-state index contributed by atoms with van der Waals surface area (Å²) < 4.78 is 1.43.